The average molecular weight is 328 g/mol. The third-order valence-electron chi connectivity index (χ3n) is 5.35. The Balaban J connectivity index is 1.40. The maximum absolute atomic E-state index is 12.2. The first-order valence-electron chi connectivity index (χ1n) is 9.32. The molecule has 1 aromatic rings. The van der Waals surface area contributed by atoms with E-state index in [-0.39, 0.29) is 23.7 Å². The van der Waals surface area contributed by atoms with Gasteiger partial charge in [0.15, 0.2) is 0 Å². The molecule has 4 nitrogen and oxygen atoms in total. The number of hydrogen-bond acceptors (Lipinski definition) is 2. The third kappa shape index (κ3) is 4.59. The lowest BCUT2D eigenvalue weighted by Crippen LogP contribution is -2.36. The number of rotatable bonds is 6. The Hall–Kier alpha value is -1.84. The first-order chi connectivity index (χ1) is 11.7. The standard InChI is InChI=1S/C20H28N2O2/c23-19-13-17(14-21-20(24)18-9-5-2-6-10-18)15-22(19)12-11-16-7-3-1-4-8-16/h1,3-4,7-8,17-18H,2,5-6,9-15H2,(H,21,24). The van der Waals surface area contributed by atoms with Gasteiger partial charge in [0.25, 0.3) is 0 Å². The molecule has 0 radical (unpaired) electrons. The molecule has 24 heavy (non-hydrogen) atoms. The van der Waals surface area contributed by atoms with Crippen LogP contribution in [0.3, 0.4) is 0 Å². The molecule has 130 valence electrons. The fourth-order valence-corrected chi connectivity index (χ4v) is 3.87. The minimum atomic E-state index is 0.199. The zero-order valence-corrected chi connectivity index (χ0v) is 14.4. The minimum absolute atomic E-state index is 0.199. The van der Waals surface area contributed by atoms with Crippen LogP contribution in [0.4, 0.5) is 0 Å². The van der Waals surface area contributed by atoms with Crippen LogP contribution in [0.2, 0.25) is 0 Å². The van der Waals surface area contributed by atoms with Gasteiger partial charge >= 0.3 is 0 Å². The maximum atomic E-state index is 12.2. The quantitative estimate of drug-likeness (QED) is 0.873. The SMILES string of the molecule is O=C(NCC1CC(=O)N(CCc2ccccc2)C1)C1CCCCC1. The second kappa shape index (κ2) is 8.32. The largest absolute Gasteiger partial charge is 0.356 e. The van der Waals surface area contributed by atoms with E-state index in [1.165, 1.54) is 24.8 Å². The van der Waals surface area contributed by atoms with Gasteiger partial charge in [0.2, 0.25) is 11.8 Å². The monoisotopic (exact) mass is 328 g/mol. The van der Waals surface area contributed by atoms with Gasteiger partial charge in [-0.2, -0.15) is 0 Å². The molecule has 3 rings (SSSR count). The van der Waals surface area contributed by atoms with Gasteiger partial charge in [-0.25, -0.2) is 0 Å². The van der Waals surface area contributed by atoms with Gasteiger partial charge in [-0.1, -0.05) is 49.6 Å². The van der Waals surface area contributed by atoms with Crippen molar-refractivity contribution in [2.24, 2.45) is 11.8 Å². The van der Waals surface area contributed by atoms with E-state index in [1.54, 1.807) is 0 Å². The summed E-state index contributed by atoms with van der Waals surface area (Å²) >= 11 is 0. The summed E-state index contributed by atoms with van der Waals surface area (Å²) in [6.45, 7) is 2.19. The summed E-state index contributed by atoms with van der Waals surface area (Å²) in [6, 6.07) is 10.3. The van der Waals surface area contributed by atoms with Gasteiger partial charge in [-0.05, 0) is 24.8 Å². The van der Waals surface area contributed by atoms with E-state index in [0.29, 0.717) is 13.0 Å². The summed E-state index contributed by atoms with van der Waals surface area (Å²) in [4.78, 5) is 26.3. The fourth-order valence-electron chi connectivity index (χ4n) is 3.87. The van der Waals surface area contributed by atoms with Crippen molar-refractivity contribution in [1.29, 1.82) is 0 Å². The molecule has 1 N–H and O–H groups in total. The highest BCUT2D eigenvalue weighted by Gasteiger charge is 2.30. The molecule has 1 aliphatic heterocycles. The van der Waals surface area contributed by atoms with Crippen molar-refractivity contribution in [2.75, 3.05) is 19.6 Å². The van der Waals surface area contributed by atoms with Gasteiger partial charge in [-0.15, -0.1) is 0 Å². The van der Waals surface area contributed by atoms with Crippen molar-refractivity contribution in [3.8, 4) is 0 Å². The number of nitrogens with zero attached hydrogens (tertiary/aromatic N) is 1. The minimum Gasteiger partial charge on any atom is -0.356 e. The molecule has 1 saturated heterocycles. The number of benzene rings is 1. The van der Waals surface area contributed by atoms with Crippen LogP contribution in [-0.2, 0) is 16.0 Å². The molecule has 2 aliphatic rings. The molecule has 0 aromatic heterocycles. The number of likely N-dealkylation sites (tertiary alicyclic amines) is 1. The van der Waals surface area contributed by atoms with Gasteiger partial charge in [0.05, 0.1) is 0 Å². The molecule has 1 aliphatic carbocycles. The number of hydrogen-bond donors (Lipinski definition) is 1. The van der Waals surface area contributed by atoms with E-state index >= 15 is 0 Å². The highest BCUT2D eigenvalue weighted by molar-refractivity contribution is 5.80. The average Bonchev–Trinajstić information content (AvgIpc) is 2.99. The second-order valence-electron chi connectivity index (χ2n) is 7.23. The van der Waals surface area contributed by atoms with E-state index in [9.17, 15) is 9.59 Å². The lowest BCUT2D eigenvalue weighted by atomic mass is 9.88. The number of nitrogens with one attached hydrogen (secondary N) is 1. The summed E-state index contributed by atoms with van der Waals surface area (Å²) in [5.41, 5.74) is 1.26. The van der Waals surface area contributed by atoms with Crippen molar-refractivity contribution >= 4 is 11.8 Å². The van der Waals surface area contributed by atoms with Crippen LogP contribution in [0, 0.1) is 11.8 Å². The van der Waals surface area contributed by atoms with Crippen molar-refractivity contribution in [3.05, 3.63) is 35.9 Å². The van der Waals surface area contributed by atoms with Crippen LogP contribution in [0.5, 0.6) is 0 Å². The summed E-state index contributed by atoms with van der Waals surface area (Å²) in [5, 5.41) is 3.09. The van der Waals surface area contributed by atoms with Gasteiger partial charge in [0.1, 0.15) is 0 Å². The van der Waals surface area contributed by atoms with Gasteiger partial charge in [0, 0.05) is 37.9 Å². The van der Waals surface area contributed by atoms with Crippen molar-refractivity contribution in [2.45, 2.75) is 44.9 Å². The summed E-state index contributed by atoms with van der Waals surface area (Å²) in [6.07, 6.45) is 7.13. The first-order valence-corrected chi connectivity index (χ1v) is 9.32. The Morgan fingerprint density at radius 1 is 1.12 bits per heavy atom. The summed E-state index contributed by atoms with van der Waals surface area (Å²) in [5.74, 6) is 0.888. The molecule has 0 bridgehead atoms. The Kier molecular flexibility index (Phi) is 5.89. The molecule has 1 saturated carbocycles. The molecular weight excluding hydrogens is 300 g/mol. The number of carbonyl (C=O) groups is 2. The smallest absolute Gasteiger partial charge is 0.223 e. The highest BCUT2D eigenvalue weighted by atomic mass is 16.2. The molecule has 0 spiro atoms. The Morgan fingerprint density at radius 3 is 2.62 bits per heavy atom. The number of carbonyl (C=O) groups excluding carboxylic acids is 2. The van der Waals surface area contributed by atoms with E-state index in [2.05, 4.69) is 17.4 Å². The lowest BCUT2D eigenvalue weighted by molar-refractivity contribution is -0.128. The first kappa shape index (κ1) is 17.0. The van der Waals surface area contributed by atoms with Crippen LogP contribution >= 0.6 is 0 Å². The molecule has 1 aromatic carbocycles. The van der Waals surface area contributed by atoms with Crippen LogP contribution < -0.4 is 5.32 Å². The predicted molar refractivity (Wildman–Crippen MR) is 94.4 cm³/mol. The highest BCUT2D eigenvalue weighted by Crippen LogP contribution is 2.24. The Labute approximate surface area is 144 Å². The van der Waals surface area contributed by atoms with Crippen LogP contribution in [-0.4, -0.2) is 36.3 Å². The summed E-state index contributed by atoms with van der Waals surface area (Å²) < 4.78 is 0. The molecular formula is C20H28N2O2. The molecule has 4 heteroatoms. The third-order valence-corrected chi connectivity index (χ3v) is 5.35. The molecule has 1 unspecified atom stereocenters. The van der Waals surface area contributed by atoms with Crippen molar-refractivity contribution in [3.63, 3.8) is 0 Å². The molecule has 1 atom stereocenters. The van der Waals surface area contributed by atoms with Crippen LogP contribution in [0.15, 0.2) is 30.3 Å². The summed E-state index contributed by atoms with van der Waals surface area (Å²) in [7, 11) is 0. The molecule has 2 amide bonds. The van der Waals surface area contributed by atoms with E-state index in [4.69, 9.17) is 0 Å². The van der Waals surface area contributed by atoms with Crippen LogP contribution in [0.25, 0.3) is 0 Å². The van der Waals surface area contributed by atoms with E-state index < -0.39 is 0 Å². The van der Waals surface area contributed by atoms with Crippen molar-refractivity contribution in [1.82, 2.24) is 10.2 Å². The topological polar surface area (TPSA) is 49.4 Å². The predicted octanol–water partition coefficient (Wildman–Crippen LogP) is 2.77. The molecule has 2 fully saturated rings. The Bertz CT molecular complexity index is 552. The van der Waals surface area contributed by atoms with Gasteiger partial charge in [-0.3, -0.25) is 9.59 Å². The normalized spacial score (nSPS) is 21.9. The zero-order valence-electron chi connectivity index (χ0n) is 14.4. The number of amides is 2. The van der Waals surface area contributed by atoms with Gasteiger partial charge < -0.3 is 10.2 Å². The van der Waals surface area contributed by atoms with E-state index in [1.807, 2.05) is 23.1 Å². The van der Waals surface area contributed by atoms with E-state index in [0.717, 1.165) is 32.4 Å². The Morgan fingerprint density at radius 2 is 1.88 bits per heavy atom. The van der Waals surface area contributed by atoms with Crippen molar-refractivity contribution < 1.29 is 9.59 Å². The zero-order chi connectivity index (χ0) is 16.8. The van der Waals surface area contributed by atoms with Crippen LogP contribution in [0.1, 0.15) is 44.1 Å². The maximum Gasteiger partial charge on any atom is 0.223 e. The second-order valence-corrected chi connectivity index (χ2v) is 7.23. The molecule has 1 heterocycles. The lowest BCUT2D eigenvalue weighted by Gasteiger charge is -2.22. The fraction of sp³-hybridized carbons (Fsp3) is 0.600.